The van der Waals surface area contributed by atoms with E-state index in [2.05, 4.69) is 21.1 Å². The molecule has 2 aliphatic rings. The van der Waals surface area contributed by atoms with Crippen molar-refractivity contribution in [2.45, 2.75) is 25.0 Å². The predicted molar refractivity (Wildman–Crippen MR) is 70.5 cm³/mol. The van der Waals surface area contributed by atoms with Gasteiger partial charge in [0.25, 0.3) is 0 Å². The number of nitrogens with zero attached hydrogens (tertiary/aromatic N) is 2. The van der Waals surface area contributed by atoms with Gasteiger partial charge in [-0.3, -0.25) is 4.99 Å². The largest absolute Gasteiger partial charge is 0.375 e. The van der Waals surface area contributed by atoms with E-state index in [0.717, 1.165) is 38.5 Å². The lowest BCUT2D eigenvalue weighted by Crippen LogP contribution is -2.53. The lowest BCUT2D eigenvalue weighted by atomic mass is 10.1. The van der Waals surface area contributed by atoms with E-state index >= 15 is 0 Å². The Balaban J connectivity index is 1.90. The molecule has 0 bridgehead atoms. The quantitative estimate of drug-likeness (QED) is 0.429. The van der Waals surface area contributed by atoms with E-state index in [1.807, 2.05) is 0 Å². The number of aliphatic imine (C=N–C) groups is 1. The average molecular weight is 251 g/mol. The van der Waals surface area contributed by atoms with Crippen molar-refractivity contribution in [1.82, 2.24) is 10.2 Å². The number of hydrogen-bond acceptors (Lipinski definition) is 3. The Kier molecular flexibility index (Phi) is 4.85. The van der Waals surface area contributed by atoms with E-state index < -0.39 is 0 Å². The third kappa shape index (κ3) is 3.15. The average Bonchev–Trinajstić information content (AvgIpc) is 2.94. The maximum atomic E-state index is 5.80. The summed E-state index contributed by atoms with van der Waals surface area (Å²) in [5, 5.41) is 3.14. The summed E-state index contributed by atoms with van der Waals surface area (Å²) < 4.78 is 11.5. The van der Waals surface area contributed by atoms with Crippen LogP contribution in [0.15, 0.2) is 4.99 Å². The summed E-state index contributed by atoms with van der Waals surface area (Å²) in [6.07, 6.45) is 7.86. The van der Waals surface area contributed by atoms with Gasteiger partial charge in [-0.1, -0.05) is 5.92 Å². The van der Waals surface area contributed by atoms with Crippen molar-refractivity contribution in [1.29, 1.82) is 0 Å². The first-order chi connectivity index (χ1) is 8.85. The van der Waals surface area contributed by atoms with Gasteiger partial charge < -0.3 is 19.7 Å². The SMILES string of the molecule is C#CCNC(=NC)N1CCOC(C2CCCO2)C1. The number of terminal acetylenes is 1. The summed E-state index contributed by atoms with van der Waals surface area (Å²) in [6, 6.07) is 0. The number of morpholine rings is 1. The summed E-state index contributed by atoms with van der Waals surface area (Å²) >= 11 is 0. The van der Waals surface area contributed by atoms with Crippen molar-refractivity contribution in [3.63, 3.8) is 0 Å². The molecule has 2 atom stereocenters. The summed E-state index contributed by atoms with van der Waals surface area (Å²) in [6.45, 7) is 3.72. The molecule has 2 fully saturated rings. The Morgan fingerprint density at radius 1 is 1.44 bits per heavy atom. The van der Waals surface area contributed by atoms with Crippen molar-refractivity contribution in [3.05, 3.63) is 0 Å². The Morgan fingerprint density at radius 2 is 2.28 bits per heavy atom. The number of rotatable bonds is 2. The molecule has 0 aromatic carbocycles. The van der Waals surface area contributed by atoms with Gasteiger partial charge in [-0.2, -0.15) is 0 Å². The van der Waals surface area contributed by atoms with Gasteiger partial charge in [0.05, 0.1) is 19.3 Å². The molecular weight excluding hydrogens is 230 g/mol. The van der Waals surface area contributed by atoms with Crippen LogP contribution in [-0.4, -0.2) is 63.0 Å². The fourth-order valence-electron chi connectivity index (χ4n) is 2.45. The number of nitrogens with one attached hydrogen (secondary N) is 1. The molecule has 2 heterocycles. The number of ether oxygens (including phenoxy) is 2. The van der Waals surface area contributed by atoms with Crippen LogP contribution in [-0.2, 0) is 9.47 Å². The Hall–Kier alpha value is -1.25. The van der Waals surface area contributed by atoms with Crippen molar-refractivity contribution in [3.8, 4) is 12.3 Å². The van der Waals surface area contributed by atoms with Gasteiger partial charge in [-0.15, -0.1) is 6.42 Å². The van der Waals surface area contributed by atoms with Crippen molar-refractivity contribution >= 4 is 5.96 Å². The van der Waals surface area contributed by atoms with E-state index in [1.165, 1.54) is 0 Å². The zero-order valence-electron chi connectivity index (χ0n) is 10.9. The molecule has 2 rings (SSSR count). The highest BCUT2D eigenvalue weighted by Crippen LogP contribution is 2.20. The molecule has 0 amide bonds. The van der Waals surface area contributed by atoms with Crippen LogP contribution in [0.5, 0.6) is 0 Å². The van der Waals surface area contributed by atoms with Crippen LogP contribution in [0.3, 0.4) is 0 Å². The van der Waals surface area contributed by atoms with Crippen molar-refractivity contribution < 1.29 is 9.47 Å². The Bertz CT molecular complexity index is 332. The minimum Gasteiger partial charge on any atom is -0.375 e. The van der Waals surface area contributed by atoms with Gasteiger partial charge >= 0.3 is 0 Å². The Morgan fingerprint density at radius 3 is 2.94 bits per heavy atom. The van der Waals surface area contributed by atoms with E-state index in [9.17, 15) is 0 Å². The molecule has 2 saturated heterocycles. The van der Waals surface area contributed by atoms with Crippen molar-refractivity contribution in [2.75, 3.05) is 39.9 Å². The number of hydrogen-bond donors (Lipinski definition) is 1. The molecule has 0 aromatic rings. The van der Waals surface area contributed by atoms with Crippen molar-refractivity contribution in [2.24, 2.45) is 4.99 Å². The summed E-state index contributed by atoms with van der Waals surface area (Å²) in [4.78, 5) is 6.44. The van der Waals surface area contributed by atoms with Crippen LogP contribution in [0.4, 0.5) is 0 Å². The third-order valence-corrected chi connectivity index (χ3v) is 3.33. The molecule has 2 unspecified atom stereocenters. The van der Waals surface area contributed by atoms with Gasteiger partial charge in [0.1, 0.15) is 6.10 Å². The monoisotopic (exact) mass is 251 g/mol. The normalized spacial score (nSPS) is 29.1. The van der Waals surface area contributed by atoms with Crippen LogP contribution in [0.25, 0.3) is 0 Å². The molecule has 0 aliphatic carbocycles. The Labute approximate surface area is 109 Å². The second kappa shape index (κ2) is 6.62. The minimum absolute atomic E-state index is 0.144. The summed E-state index contributed by atoms with van der Waals surface area (Å²) in [7, 11) is 1.77. The smallest absolute Gasteiger partial charge is 0.194 e. The molecular formula is C13H21N3O2. The molecule has 0 saturated carbocycles. The summed E-state index contributed by atoms with van der Waals surface area (Å²) in [5.74, 6) is 3.41. The molecule has 5 heteroatoms. The zero-order chi connectivity index (χ0) is 12.8. The van der Waals surface area contributed by atoms with E-state index in [4.69, 9.17) is 15.9 Å². The maximum Gasteiger partial charge on any atom is 0.194 e. The van der Waals surface area contributed by atoms with Gasteiger partial charge in [0, 0.05) is 26.7 Å². The first kappa shape index (κ1) is 13.2. The first-order valence-corrected chi connectivity index (χ1v) is 6.47. The highest BCUT2D eigenvalue weighted by atomic mass is 16.5. The molecule has 0 radical (unpaired) electrons. The molecule has 0 aromatic heterocycles. The molecule has 18 heavy (non-hydrogen) atoms. The molecule has 0 spiro atoms. The second-order valence-corrected chi connectivity index (χ2v) is 4.51. The zero-order valence-corrected chi connectivity index (χ0v) is 10.9. The summed E-state index contributed by atoms with van der Waals surface area (Å²) in [5.41, 5.74) is 0. The fourth-order valence-corrected chi connectivity index (χ4v) is 2.45. The topological polar surface area (TPSA) is 46.1 Å². The van der Waals surface area contributed by atoms with Crippen LogP contribution in [0.2, 0.25) is 0 Å². The molecule has 100 valence electrons. The van der Waals surface area contributed by atoms with Gasteiger partial charge in [-0.25, -0.2) is 0 Å². The molecule has 2 aliphatic heterocycles. The lowest BCUT2D eigenvalue weighted by Gasteiger charge is -2.36. The number of guanidine groups is 1. The van der Waals surface area contributed by atoms with Crippen LogP contribution >= 0.6 is 0 Å². The highest BCUT2D eigenvalue weighted by molar-refractivity contribution is 5.80. The van der Waals surface area contributed by atoms with E-state index in [-0.39, 0.29) is 12.2 Å². The van der Waals surface area contributed by atoms with E-state index in [0.29, 0.717) is 13.2 Å². The van der Waals surface area contributed by atoms with Gasteiger partial charge in [0.15, 0.2) is 5.96 Å². The third-order valence-electron chi connectivity index (χ3n) is 3.33. The maximum absolute atomic E-state index is 5.80. The predicted octanol–water partition coefficient (Wildman–Crippen LogP) is 0.0748. The first-order valence-electron chi connectivity index (χ1n) is 6.47. The van der Waals surface area contributed by atoms with Crippen LogP contribution in [0.1, 0.15) is 12.8 Å². The standard InChI is InChI=1S/C13H21N3O2/c1-3-6-15-13(14-2)16-7-9-18-12(10-16)11-5-4-8-17-11/h1,11-12H,4-10H2,2H3,(H,14,15). The highest BCUT2D eigenvalue weighted by Gasteiger charge is 2.32. The van der Waals surface area contributed by atoms with E-state index in [1.54, 1.807) is 7.05 Å². The molecule has 5 nitrogen and oxygen atoms in total. The molecule has 1 N–H and O–H groups in total. The van der Waals surface area contributed by atoms with Gasteiger partial charge in [-0.05, 0) is 12.8 Å². The lowest BCUT2D eigenvalue weighted by molar-refractivity contribution is -0.0816. The van der Waals surface area contributed by atoms with Crippen LogP contribution in [0, 0.1) is 12.3 Å². The van der Waals surface area contributed by atoms with Crippen LogP contribution < -0.4 is 5.32 Å². The fraction of sp³-hybridized carbons (Fsp3) is 0.769. The second-order valence-electron chi connectivity index (χ2n) is 4.51. The van der Waals surface area contributed by atoms with Gasteiger partial charge in [0.2, 0.25) is 0 Å². The minimum atomic E-state index is 0.144.